The minimum absolute atomic E-state index is 0.0124. The van der Waals surface area contributed by atoms with E-state index >= 15 is 0 Å². The van der Waals surface area contributed by atoms with E-state index in [0.717, 1.165) is 0 Å². The summed E-state index contributed by atoms with van der Waals surface area (Å²) in [6, 6.07) is 2.68. The van der Waals surface area contributed by atoms with Crippen molar-refractivity contribution >= 4 is 28.4 Å². The summed E-state index contributed by atoms with van der Waals surface area (Å²) < 4.78 is 18.4. The van der Waals surface area contributed by atoms with Crippen molar-refractivity contribution in [2.24, 2.45) is 5.73 Å². The number of aromatic nitrogens is 1. The normalized spacial score (nSPS) is 10.6. The van der Waals surface area contributed by atoms with Crippen molar-refractivity contribution in [3.8, 4) is 5.75 Å². The molecule has 0 atom stereocenters. The van der Waals surface area contributed by atoms with Crippen LogP contribution < -0.4 is 10.5 Å². The van der Waals surface area contributed by atoms with Gasteiger partial charge in [-0.15, -0.1) is 0 Å². The van der Waals surface area contributed by atoms with E-state index in [1.165, 1.54) is 25.4 Å². The van der Waals surface area contributed by atoms with Gasteiger partial charge < -0.3 is 10.5 Å². The van der Waals surface area contributed by atoms with Gasteiger partial charge in [-0.05, 0) is 11.6 Å². The molecule has 0 radical (unpaired) electrons. The van der Waals surface area contributed by atoms with E-state index in [-0.39, 0.29) is 12.2 Å². The maximum Gasteiger partial charge on any atom is 0.221 e. The molecule has 0 aliphatic heterocycles. The van der Waals surface area contributed by atoms with Crippen molar-refractivity contribution in [3.05, 3.63) is 34.7 Å². The molecule has 0 aliphatic carbocycles. The van der Waals surface area contributed by atoms with Gasteiger partial charge in [0.2, 0.25) is 5.91 Å². The summed E-state index contributed by atoms with van der Waals surface area (Å²) >= 11 is 6.14. The highest BCUT2D eigenvalue weighted by molar-refractivity contribution is 6.36. The first-order valence-electron chi connectivity index (χ1n) is 5.12. The Morgan fingerprint density at radius 1 is 1.56 bits per heavy atom. The van der Waals surface area contributed by atoms with Crippen LogP contribution in [0.3, 0.4) is 0 Å². The van der Waals surface area contributed by atoms with Gasteiger partial charge in [0, 0.05) is 17.6 Å². The molecule has 2 rings (SSSR count). The first-order chi connectivity index (χ1) is 8.52. The molecule has 1 aromatic carbocycles. The number of halogens is 2. The molecular formula is C12H10ClFN2O2. The summed E-state index contributed by atoms with van der Waals surface area (Å²) in [5.74, 6) is -0.953. The molecule has 0 spiro atoms. The zero-order valence-electron chi connectivity index (χ0n) is 9.54. The first kappa shape index (κ1) is 12.6. The highest BCUT2D eigenvalue weighted by atomic mass is 35.5. The number of fused-ring (bicyclic) bond motifs is 1. The van der Waals surface area contributed by atoms with Gasteiger partial charge in [0.1, 0.15) is 0 Å². The number of nitrogens with two attached hydrogens (primary N) is 1. The Morgan fingerprint density at radius 2 is 2.28 bits per heavy atom. The van der Waals surface area contributed by atoms with E-state index in [4.69, 9.17) is 22.1 Å². The van der Waals surface area contributed by atoms with Gasteiger partial charge in [-0.1, -0.05) is 11.6 Å². The Balaban J connectivity index is 2.65. The number of rotatable bonds is 3. The van der Waals surface area contributed by atoms with Crippen molar-refractivity contribution in [2.75, 3.05) is 7.11 Å². The van der Waals surface area contributed by atoms with Crippen LogP contribution in [0.4, 0.5) is 4.39 Å². The molecule has 0 saturated heterocycles. The fourth-order valence-corrected chi connectivity index (χ4v) is 1.94. The summed E-state index contributed by atoms with van der Waals surface area (Å²) in [6.07, 6.45) is 1.41. The molecule has 94 valence electrons. The zero-order valence-corrected chi connectivity index (χ0v) is 10.3. The van der Waals surface area contributed by atoms with Gasteiger partial charge in [0.05, 0.1) is 24.1 Å². The minimum Gasteiger partial charge on any atom is -0.494 e. The molecule has 0 bridgehead atoms. The number of primary amides is 1. The molecule has 0 saturated carbocycles. The lowest BCUT2D eigenvalue weighted by atomic mass is 10.1. The average molecular weight is 269 g/mol. The predicted octanol–water partition coefficient (Wildman–Crippen LogP) is 2.06. The second-order valence-corrected chi connectivity index (χ2v) is 4.12. The van der Waals surface area contributed by atoms with E-state index < -0.39 is 11.7 Å². The summed E-state index contributed by atoms with van der Waals surface area (Å²) in [5.41, 5.74) is 6.01. The molecule has 1 amide bonds. The van der Waals surface area contributed by atoms with E-state index in [1.54, 1.807) is 0 Å². The van der Waals surface area contributed by atoms with E-state index in [9.17, 15) is 9.18 Å². The second kappa shape index (κ2) is 4.78. The molecule has 1 heterocycles. The van der Waals surface area contributed by atoms with Crippen LogP contribution in [0.25, 0.3) is 10.9 Å². The molecule has 2 aromatic rings. The molecule has 0 fully saturated rings. The van der Waals surface area contributed by atoms with Crippen molar-refractivity contribution < 1.29 is 13.9 Å². The smallest absolute Gasteiger partial charge is 0.221 e. The number of ether oxygens (including phenoxy) is 1. The van der Waals surface area contributed by atoms with Crippen LogP contribution in [0.5, 0.6) is 5.75 Å². The fraction of sp³-hybridized carbons (Fsp3) is 0.167. The summed E-state index contributed by atoms with van der Waals surface area (Å²) in [7, 11) is 1.36. The van der Waals surface area contributed by atoms with E-state index in [1.807, 2.05) is 0 Å². The Labute approximate surface area is 108 Å². The first-order valence-corrected chi connectivity index (χ1v) is 5.49. The zero-order chi connectivity index (χ0) is 13.3. The molecule has 2 N–H and O–H groups in total. The SMILES string of the molecule is COc1cc2c(Cl)c(CC(N)=O)cnc2cc1F. The van der Waals surface area contributed by atoms with Crippen LogP contribution in [0, 0.1) is 5.82 Å². The second-order valence-electron chi connectivity index (χ2n) is 3.74. The molecule has 0 unspecified atom stereocenters. The van der Waals surface area contributed by atoms with Crippen molar-refractivity contribution in [3.63, 3.8) is 0 Å². The third-order valence-electron chi connectivity index (χ3n) is 2.51. The number of hydrogen-bond acceptors (Lipinski definition) is 3. The van der Waals surface area contributed by atoms with E-state index in [0.29, 0.717) is 21.5 Å². The maximum atomic E-state index is 13.5. The van der Waals surface area contributed by atoms with Crippen LogP contribution in [0.1, 0.15) is 5.56 Å². The summed E-state index contributed by atoms with van der Waals surface area (Å²) in [5, 5.41) is 0.853. The van der Waals surface area contributed by atoms with E-state index in [2.05, 4.69) is 4.98 Å². The number of methoxy groups -OCH3 is 1. The Bertz CT molecular complexity index is 631. The third-order valence-corrected chi connectivity index (χ3v) is 2.96. The van der Waals surface area contributed by atoms with Crippen LogP contribution in [-0.4, -0.2) is 18.0 Å². The van der Waals surface area contributed by atoms with Crippen molar-refractivity contribution in [2.45, 2.75) is 6.42 Å². The Kier molecular flexibility index (Phi) is 3.34. The number of benzene rings is 1. The van der Waals surface area contributed by atoms with Crippen LogP contribution in [-0.2, 0) is 11.2 Å². The fourth-order valence-electron chi connectivity index (χ4n) is 1.67. The van der Waals surface area contributed by atoms with Crippen LogP contribution >= 0.6 is 11.6 Å². The number of nitrogens with zero attached hydrogens (tertiary/aromatic N) is 1. The number of hydrogen-bond donors (Lipinski definition) is 1. The maximum absolute atomic E-state index is 13.5. The summed E-state index contributed by atoms with van der Waals surface area (Å²) in [4.78, 5) is 14.9. The minimum atomic E-state index is -0.517. The number of carbonyl (C=O) groups is 1. The monoisotopic (exact) mass is 268 g/mol. The lowest BCUT2D eigenvalue weighted by Crippen LogP contribution is -2.14. The van der Waals surface area contributed by atoms with Gasteiger partial charge in [0.25, 0.3) is 0 Å². The predicted molar refractivity (Wildman–Crippen MR) is 66.2 cm³/mol. The number of carbonyl (C=O) groups excluding carboxylic acids is 1. The van der Waals surface area contributed by atoms with Crippen molar-refractivity contribution in [1.29, 1.82) is 0 Å². The highest BCUT2D eigenvalue weighted by Crippen LogP contribution is 2.30. The number of pyridine rings is 1. The van der Waals surface area contributed by atoms with Crippen molar-refractivity contribution in [1.82, 2.24) is 4.98 Å². The Hall–Kier alpha value is -1.88. The van der Waals surface area contributed by atoms with Gasteiger partial charge >= 0.3 is 0 Å². The topological polar surface area (TPSA) is 65.2 Å². The van der Waals surface area contributed by atoms with Crippen LogP contribution in [0.15, 0.2) is 18.3 Å². The quantitative estimate of drug-likeness (QED) is 0.927. The Morgan fingerprint density at radius 3 is 2.89 bits per heavy atom. The lowest BCUT2D eigenvalue weighted by molar-refractivity contribution is -0.117. The highest BCUT2D eigenvalue weighted by Gasteiger charge is 2.12. The van der Waals surface area contributed by atoms with Gasteiger partial charge in [-0.25, -0.2) is 4.39 Å². The third kappa shape index (κ3) is 2.22. The van der Waals surface area contributed by atoms with Gasteiger partial charge in [0.15, 0.2) is 11.6 Å². The largest absolute Gasteiger partial charge is 0.494 e. The molecule has 18 heavy (non-hydrogen) atoms. The standard InChI is InChI=1S/C12H10ClFN2O2/c1-18-10-3-7-9(4-8(10)14)16-5-6(12(7)13)2-11(15)17/h3-5H,2H2,1H3,(H2,15,17). The van der Waals surface area contributed by atoms with Gasteiger partial charge in [-0.3, -0.25) is 9.78 Å². The molecular weight excluding hydrogens is 259 g/mol. The summed E-state index contributed by atoms with van der Waals surface area (Å²) in [6.45, 7) is 0. The van der Waals surface area contributed by atoms with Crippen LogP contribution in [0.2, 0.25) is 5.02 Å². The average Bonchev–Trinajstić information content (AvgIpc) is 2.32. The lowest BCUT2D eigenvalue weighted by Gasteiger charge is -2.08. The number of amides is 1. The molecule has 6 heteroatoms. The molecule has 4 nitrogen and oxygen atoms in total. The molecule has 1 aromatic heterocycles. The molecule has 0 aliphatic rings. The van der Waals surface area contributed by atoms with Gasteiger partial charge in [-0.2, -0.15) is 0 Å².